The van der Waals surface area contributed by atoms with Crippen LogP contribution in [0, 0.1) is 0 Å². The van der Waals surface area contributed by atoms with Crippen LogP contribution in [0.3, 0.4) is 0 Å². The van der Waals surface area contributed by atoms with Crippen LogP contribution in [0.25, 0.3) is 10.8 Å². The quantitative estimate of drug-likeness (QED) is 0.0479. The zero-order valence-electron chi connectivity index (χ0n) is 25.5. The number of phenols is 2. The molecule has 246 valence electrons. The Balaban J connectivity index is 1.41. The number of hydrogen-bond acceptors (Lipinski definition) is 13. The Morgan fingerprint density at radius 2 is 1.40 bits per heavy atom. The van der Waals surface area contributed by atoms with Gasteiger partial charge in [0.15, 0.2) is 5.75 Å². The van der Waals surface area contributed by atoms with Crippen molar-refractivity contribution in [3.8, 4) is 23.0 Å². The number of sulfonamides is 1. The molecule has 0 spiro atoms. The molecule has 13 nitrogen and oxygen atoms in total. The molecule has 4 N–H and O–H groups in total. The van der Waals surface area contributed by atoms with E-state index in [0.29, 0.717) is 37.6 Å². The van der Waals surface area contributed by atoms with E-state index in [2.05, 4.69) is 55.8 Å². The average molecular weight is 705 g/mol. The second kappa shape index (κ2) is 14.2. The molecule has 0 aliphatic rings. The number of benzene rings is 5. The largest absolute Gasteiger partial charge is 0.508 e. The summed E-state index contributed by atoms with van der Waals surface area (Å²) < 4.78 is 39.0. The van der Waals surface area contributed by atoms with Crippen LogP contribution in [-0.4, -0.2) is 38.8 Å². The molecule has 5 aromatic carbocycles. The highest BCUT2D eigenvalue weighted by Crippen LogP contribution is 2.46. The van der Waals surface area contributed by atoms with Crippen molar-refractivity contribution in [2.45, 2.75) is 21.6 Å². The number of aromatic hydroxyl groups is 2. The van der Waals surface area contributed by atoms with Crippen molar-refractivity contribution >= 4 is 86.1 Å². The molecule has 0 aromatic heterocycles. The number of amides is 1. The second-order valence-corrected chi connectivity index (χ2v) is 12.8. The molecule has 16 heteroatoms. The van der Waals surface area contributed by atoms with E-state index in [1.165, 1.54) is 81.8 Å². The van der Waals surface area contributed by atoms with Crippen LogP contribution < -0.4 is 19.5 Å². The SMILES string of the molecule is COc1cc(N=Nc2c(S)cc3cc(S)cc(NC(C)=O)c3c2O)c(OC)cc1N=Nc1ccc(S(=O)(=O)Nc2ccc(O)cc2)cc1. The second-order valence-electron chi connectivity index (χ2n) is 10.1. The highest BCUT2D eigenvalue weighted by molar-refractivity contribution is 7.92. The van der Waals surface area contributed by atoms with Crippen molar-refractivity contribution in [3.05, 3.63) is 78.9 Å². The summed E-state index contributed by atoms with van der Waals surface area (Å²) in [5.74, 6) is -0.0269. The number of methoxy groups -OCH3 is 2. The maximum Gasteiger partial charge on any atom is 0.261 e. The van der Waals surface area contributed by atoms with Gasteiger partial charge in [0.05, 0.1) is 30.5 Å². The van der Waals surface area contributed by atoms with Crippen LogP contribution in [-0.2, 0) is 14.8 Å². The van der Waals surface area contributed by atoms with Gasteiger partial charge in [-0.05, 0) is 72.1 Å². The predicted octanol–water partition coefficient (Wildman–Crippen LogP) is 8.44. The summed E-state index contributed by atoms with van der Waals surface area (Å²) in [6, 6.07) is 19.4. The lowest BCUT2D eigenvalue weighted by atomic mass is 10.1. The van der Waals surface area contributed by atoms with Gasteiger partial charge in [-0.25, -0.2) is 8.42 Å². The molecule has 0 aliphatic carbocycles. The lowest BCUT2D eigenvalue weighted by Crippen LogP contribution is -2.12. The standard InChI is InChI=1S/C32H28N6O7S3/c1-17(39)33-26-14-22(46)12-18-13-29(47)31(32(41)30(18)26)37-36-25-16-27(44-2)24(15-28(25)45-3)35-34-19-6-10-23(11-7-19)48(42,43)38-20-4-8-21(40)9-5-20/h4-16,38,40-41,46-47H,1-3H3,(H,33,39). The number of fused-ring (bicyclic) bond motifs is 1. The highest BCUT2D eigenvalue weighted by Gasteiger charge is 2.18. The first-order chi connectivity index (χ1) is 22.9. The van der Waals surface area contributed by atoms with Crippen molar-refractivity contribution in [1.82, 2.24) is 0 Å². The molecule has 0 radical (unpaired) electrons. The van der Waals surface area contributed by atoms with E-state index in [4.69, 9.17) is 9.47 Å². The number of anilines is 2. The molecular weight excluding hydrogens is 677 g/mol. The maximum atomic E-state index is 12.8. The highest BCUT2D eigenvalue weighted by atomic mass is 32.2. The third-order valence-electron chi connectivity index (χ3n) is 6.74. The van der Waals surface area contributed by atoms with Gasteiger partial charge in [0.25, 0.3) is 10.0 Å². The fraction of sp³-hybridized carbons (Fsp3) is 0.0938. The monoisotopic (exact) mass is 704 g/mol. The lowest BCUT2D eigenvalue weighted by Gasteiger charge is -2.13. The minimum Gasteiger partial charge on any atom is -0.508 e. The number of hydrogen-bond donors (Lipinski definition) is 6. The van der Waals surface area contributed by atoms with Gasteiger partial charge < -0.3 is 25.0 Å². The fourth-order valence-corrected chi connectivity index (χ4v) is 6.16. The van der Waals surface area contributed by atoms with Crippen LogP contribution in [0.15, 0.2) is 114 Å². The van der Waals surface area contributed by atoms with E-state index in [1.807, 2.05) is 0 Å². The summed E-state index contributed by atoms with van der Waals surface area (Å²) in [6.07, 6.45) is 0. The van der Waals surface area contributed by atoms with Crippen molar-refractivity contribution < 1.29 is 32.9 Å². The Hall–Kier alpha value is -5.32. The first-order valence-electron chi connectivity index (χ1n) is 13.9. The topological polar surface area (TPSA) is 184 Å². The lowest BCUT2D eigenvalue weighted by molar-refractivity contribution is -0.114. The number of carbonyl (C=O) groups is 1. The first-order valence-corrected chi connectivity index (χ1v) is 16.3. The van der Waals surface area contributed by atoms with Gasteiger partial charge >= 0.3 is 0 Å². The minimum atomic E-state index is -3.89. The maximum absolute atomic E-state index is 12.8. The van der Waals surface area contributed by atoms with Crippen molar-refractivity contribution in [1.29, 1.82) is 0 Å². The summed E-state index contributed by atoms with van der Waals surface area (Å²) in [4.78, 5) is 12.7. The molecule has 0 heterocycles. The predicted molar refractivity (Wildman–Crippen MR) is 188 cm³/mol. The average Bonchev–Trinajstić information content (AvgIpc) is 3.04. The van der Waals surface area contributed by atoms with Crippen molar-refractivity contribution in [2.75, 3.05) is 24.3 Å². The van der Waals surface area contributed by atoms with Gasteiger partial charge in [-0.2, -0.15) is 5.11 Å². The Kier molecular flexibility index (Phi) is 10.1. The number of azo groups is 2. The van der Waals surface area contributed by atoms with Gasteiger partial charge in [0.1, 0.15) is 34.3 Å². The smallest absolute Gasteiger partial charge is 0.261 e. The summed E-state index contributed by atoms with van der Waals surface area (Å²) in [7, 11) is -1.02. The van der Waals surface area contributed by atoms with Crippen LogP contribution in [0.4, 0.5) is 34.1 Å². The third kappa shape index (κ3) is 7.62. The number of rotatable bonds is 10. The Morgan fingerprint density at radius 1 is 0.792 bits per heavy atom. The molecule has 0 fully saturated rings. The molecule has 48 heavy (non-hydrogen) atoms. The molecule has 5 aromatic rings. The van der Waals surface area contributed by atoms with Crippen molar-refractivity contribution in [2.24, 2.45) is 20.5 Å². The molecule has 0 saturated heterocycles. The van der Waals surface area contributed by atoms with E-state index in [1.54, 1.807) is 18.2 Å². The van der Waals surface area contributed by atoms with Crippen LogP contribution in [0.5, 0.6) is 23.0 Å². The van der Waals surface area contributed by atoms with Gasteiger partial charge in [-0.15, -0.1) is 40.6 Å². The minimum absolute atomic E-state index is 0.00288. The molecule has 1 amide bonds. The number of nitrogens with zero attached hydrogens (tertiary/aromatic N) is 4. The number of carbonyl (C=O) groups excluding carboxylic acids is 1. The van der Waals surface area contributed by atoms with E-state index in [0.717, 1.165) is 0 Å². The third-order valence-corrected chi connectivity index (χ3v) is 8.73. The van der Waals surface area contributed by atoms with Gasteiger partial charge in [0.2, 0.25) is 5.91 Å². The zero-order chi connectivity index (χ0) is 34.6. The number of nitrogens with one attached hydrogen (secondary N) is 2. The molecule has 0 aliphatic heterocycles. The fourth-order valence-electron chi connectivity index (χ4n) is 4.54. The van der Waals surface area contributed by atoms with Crippen LogP contribution >= 0.6 is 25.3 Å². The molecule has 0 bridgehead atoms. The molecule has 5 rings (SSSR count). The van der Waals surface area contributed by atoms with Crippen LogP contribution in [0.2, 0.25) is 0 Å². The molecule has 0 unspecified atom stereocenters. The van der Waals surface area contributed by atoms with E-state index < -0.39 is 10.0 Å². The number of ether oxygens (including phenoxy) is 2. The number of phenolic OH excluding ortho intramolecular Hbond substituents is 2. The van der Waals surface area contributed by atoms with Gasteiger partial charge in [-0.1, -0.05) is 0 Å². The Bertz CT molecular complexity index is 2190. The number of thiol groups is 2. The molecule has 0 atom stereocenters. The summed E-state index contributed by atoms with van der Waals surface area (Å²) in [6.45, 7) is 1.35. The first kappa shape index (κ1) is 34.0. The summed E-state index contributed by atoms with van der Waals surface area (Å²) in [5, 5.41) is 41.2. The van der Waals surface area contributed by atoms with E-state index in [-0.39, 0.29) is 50.9 Å². The van der Waals surface area contributed by atoms with E-state index in [9.17, 15) is 23.4 Å². The Morgan fingerprint density at radius 3 is 1.98 bits per heavy atom. The zero-order valence-corrected chi connectivity index (χ0v) is 28.1. The van der Waals surface area contributed by atoms with Gasteiger partial charge in [0, 0.05) is 39.9 Å². The summed E-state index contributed by atoms with van der Waals surface area (Å²) >= 11 is 8.87. The van der Waals surface area contributed by atoms with Crippen molar-refractivity contribution in [3.63, 3.8) is 0 Å². The van der Waals surface area contributed by atoms with Gasteiger partial charge in [-0.3, -0.25) is 9.52 Å². The van der Waals surface area contributed by atoms with E-state index >= 15 is 0 Å². The Labute approximate surface area is 286 Å². The summed E-state index contributed by atoms with van der Waals surface area (Å²) in [5.41, 5.74) is 1.58. The normalized spacial score (nSPS) is 11.7. The molecule has 0 saturated carbocycles. The molecular formula is C32H28N6O7S3. The van der Waals surface area contributed by atoms with Crippen LogP contribution in [0.1, 0.15) is 6.92 Å².